The number of nitrogens with one attached hydrogen (secondary N) is 1. The molecule has 0 atom stereocenters. The molecule has 0 aliphatic heterocycles. The molecule has 0 radical (unpaired) electrons. The highest BCUT2D eigenvalue weighted by atomic mass is 16.5. The zero-order valence-electron chi connectivity index (χ0n) is 14.7. The van der Waals surface area contributed by atoms with Crippen molar-refractivity contribution in [3.8, 4) is 5.75 Å². The fourth-order valence-electron chi connectivity index (χ4n) is 2.40. The first-order valence-electron chi connectivity index (χ1n) is 8.32. The Labute approximate surface area is 152 Å². The molecule has 0 saturated heterocycles. The smallest absolute Gasteiger partial charge is 0.261 e. The molecule has 132 valence electrons. The Kier molecular flexibility index (Phi) is 5.43. The topological polar surface area (TPSA) is 67.3 Å². The predicted octanol–water partition coefficient (Wildman–Crippen LogP) is 3.90. The normalized spacial score (nSPS) is 10.2. The summed E-state index contributed by atoms with van der Waals surface area (Å²) in [6.45, 7) is 2.57. The Morgan fingerprint density at radius 1 is 1.04 bits per heavy atom. The second-order valence-electron chi connectivity index (χ2n) is 5.58. The molecule has 26 heavy (non-hydrogen) atoms. The van der Waals surface area contributed by atoms with Crippen molar-refractivity contribution in [2.45, 2.75) is 6.92 Å². The van der Waals surface area contributed by atoms with Gasteiger partial charge in [-0.3, -0.25) is 4.79 Å². The number of carbonyl (C=O) groups excluding carboxylic acids is 1. The van der Waals surface area contributed by atoms with E-state index in [1.54, 1.807) is 11.9 Å². The third kappa shape index (κ3) is 4.16. The van der Waals surface area contributed by atoms with Crippen molar-refractivity contribution < 1.29 is 9.53 Å². The molecule has 6 nitrogen and oxygen atoms in total. The van der Waals surface area contributed by atoms with Crippen LogP contribution in [0.1, 0.15) is 17.3 Å². The number of nitrogens with zero attached hydrogens (tertiary/aromatic N) is 3. The zero-order chi connectivity index (χ0) is 18.4. The van der Waals surface area contributed by atoms with Crippen molar-refractivity contribution in [3.05, 3.63) is 72.6 Å². The summed E-state index contributed by atoms with van der Waals surface area (Å²) in [6.07, 6.45) is 3.04. The van der Waals surface area contributed by atoms with Crippen LogP contribution in [0.25, 0.3) is 0 Å². The molecule has 3 rings (SSSR count). The number of aromatic nitrogens is 2. The van der Waals surface area contributed by atoms with Gasteiger partial charge in [-0.05, 0) is 43.3 Å². The summed E-state index contributed by atoms with van der Waals surface area (Å²) >= 11 is 0. The van der Waals surface area contributed by atoms with Gasteiger partial charge in [-0.25, -0.2) is 9.97 Å². The van der Waals surface area contributed by atoms with E-state index in [4.69, 9.17) is 4.74 Å². The third-order valence-electron chi connectivity index (χ3n) is 3.77. The number of amides is 1. The molecule has 1 amide bonds. The van der Waals surface area contributed by atoms with Crippen molar-refractivity contribution in [1.82, 2.24) is 9.97 Å². The SMILES string of the molecule is CCOc1ccc(Nc2ncc(C(=O)N(C)c3ccccc3)cn2)cc1. The Bertz CT molecular complexity index is 849. The highest BCUT2D eigenvalue weighted by Gasteiger charge is 2.14. The van der Waals surface area contributed by atoms with Crippen LogP contribution in [0, 0.1) is 0 Å². The molecule has 0 aliphatic carbocycles. The van der Waals surface area contributed by atoms with Gasteiger partial charge in [0.2, 0.25) is 5.95 Å². The monoisotopic (exact) mass is 348 g/mol. The van der Waals surface area contributed by atoms with Gasteiger partial charge in [0.25, 0.3) is 5.91 Å². The van der Waals surface area contributed by atoms with Gasteiger partial charge in [-0.2, -0.15) is 0 Å². The largest absolute Gasteiger partial charge is 0.494 e. The second-order valence-corrected chi connectivity index (χ2v) is 5.58. The van der Waals surface area contributed by atoms with Crippen LogP contribution < -0.4 is 15.0 Å². The fourth-order valence-corrected chi connectivity index (χ4v) is 2.40. The number of ether oxygens (including phenoxy) is 1. The molecule has 0 bridgehead atoms. The van der Waals surface area contributed by atoms with E-state index in [1.165, 1.54) is 12.4 Å². The van der Waals surface area contributed by atoms with Crippen LogP contribution in [-0.2, 0) is 0 Å². The lowest BCUT2D eigenvalue weighted by Gasteiger charge is -2.17. The van der Waals surface area contributed by atoms with Crippen molar-refractivity contribution in [1.29, 1.82) is 0 Å². The van der Waals surface area contributed by atoms with Gasteiger partial charge in [-0.15, -0.1) is 0 Å². The minimum Gasteiger partial charge on any atom is -0.494 e. The number of para-hydroxylation sites is 1. The van der Waals surface area contributed by atoms with E-state index in [0.717, 1.165) is 17.1 Å². The van der Waals surface area contributed by atoms with Crippen LogP contribution in [0.4, 0.5) is 17.3 Å². The maximum absolute atomic E-state index is 12.5. The maximum Gasteiger partial charge on any atom is 0.261 e. The molecule has 1 N–H and O–H groups in total. The molecular formula is C20H20N4O2. The standard InChI is InChI=1S/C20H20N4O2/c1-3-26-18-11-9-16(10-12-18)23-20-21-13-15(14-22-20)19(25)24(2)17-7-5-4-6-8-17/h4-14H,3H2,1-2H3,(H,21,22,23). The first-order valence-corrected chi connectivity index (χ1v) is 8.32. The molecule has 1 heterocycles. The summed E-state index contributed by atoms with van der Waals surface area (Å²) in [4.78, 5) is 22.6. The lowest BCUT2D eigenvalue weighted by molar-refractivity contribution is 0.0992. The van der Waals surface area contributed by atoms with E-state index >= 15 is 0 Å². The number of benzene rings is 2. The van der Waals surface area contributed by atoms with Gasteiger partial charge in [0.1, 0.15) is 5.75 Å². The Hall–Kier alpha value is -3.41. The third-order valence-corrected chi connectivity index (χ3v) is 3.77. The van der Waals surface area contributed by atoms with Crippen molar-refractivity contribution in [2.75, 3.05) is 23.9 Å². The van der Waals surface area contributed by atoms with Crippen LogP contribution in [0.3, 0.4) is 0 Å². The summed E-state index contributed by atoms with van der Waals surface area (Å²) in [7, 11) is 1.73. The number of carbonyl (C=O) groups is 1. The molecule has 6 heteroatoms. The van der Waals surface area contributed by atoms with E-state index in [0.29, 0.717) is 18.1 Å². The van der Waals surface area contributed by atoms with Gasteiger partial charge in [0, 0.05) is 30.8 Å². The fraction of sp³-hybridized carbons (Fsp3) is 0.150. The Balaban J connectivity index is 1.67. The number of hydrogen-bond donors (Lipinski definition) is 1. The van der Waals surface area contributed by atoms with E-state index in [9.17, 15) is 4.79 Å². The van der Waals surface area contributed by atoms with Gasteiger partial charge in [0.15, 0.2) is 0 Å². The van der Waals surface area contributed by atoms with Gasteiger partial charge < -0.3 is 15.0 Å². The van der Waals surface area contributed by atoms with Crippen molar-refractivity contribution >= 4 is 23.2 Å². The molecule has 0 aliphatic rings. The Morgan fingerprint density at radius 3 is 2.31 bits per heavy atom. The average Bonchev–Trinajstić information content (AvgIpc) is 2.70. The first kappa shape index (κ1) is 17.4. The predicted molar refractivity (Wildman–Crippen MR) is 102 cm³/mol. The summed E-state index contributed by atoms with van der Waals surface area (Å²) in [6, 6.07) is 17.0. The van der Waals surface area contributed by atoms with Crippen molar-refractivity contribution in [2.24, 2.45) is 0 Å². The lowest BCUT2D eigenvalue weighted by Crippen LogP contribution is -2.26. The molecule has 0 spiro atoms. The maximum atomic E-state index is 12.5. The minimum atomic E-state index is -0.163. The summed E-state index contributed by atoms with van der Waals surface area (Å²) in [5.74, 6) is 1.07. The van der Waals surface area contributed by atoms with Crippen LogP contribution in [0.2, 0.25) is 0 Å². The summed E-state index contributed by atoms with van der Waals surface area (Å²) in [5, 5.41) is 3.10. The molecule has 2 aromatic carbocycles. The molecule has 0 unspecified atom stereocenters. The van der Waals surface area contributed by atoms with Crippen molar-refractivity contribution in [3.63, 3.8) is 0 Å². The molecule has 0 fully saturated rings. The van der Waals surface area contributed by atoms with Crippen LogP contribution in [0.5, 0.6) is 5.75 Å². The van der Waals surface area contributed by atoms with Gasteiger partial charge >= 0.3 is 0 Å². The van der Waals surface area contributed by atoms with E-state index in [-0.39, 0.29) is 5.91 Å². The highest BCUT2D eigenvalue weighted by molar-refractivity contribution is 6.05. The number of hydrogen-bond acceptors (Lipinski definition) is 5. The van der Waals surface area contributed by atoms with Crippen LogP contribution in [-0.4, -0.2) is 29.5 Å². The van der Waals surface area contributed by atoms with Crippen LogP contribution >= 0.6 is 0 Å². The molecule has 0 saturated carbocycles. The number of rotatable bonds is 6. The van der Waals surface area contributed by atoms with E-state index in [2.05, 4.69) is 15.3 Å². The lowest BCUT2D eigenvalue weighted by atomic mass is 10.2. The van der Waals surface area contributed by atoms with Crippen LogP contribution in [0.15, 0.2) is 67.0 Å². The summed E-state index contributed by atoms with van der Waals surface area (Å²) in [5.41, 5.74) is 2.08. The van der Waals surface area contributed by atoms with E-state index in [1.807, 2.05) is 61.5 Å². The average molecular weight is 348 g/mol. The first-order chi connectivity index (χ1) is 12.7. The quantitative estimate of drug-likeness (QED) is 0.732. The minimum absolute atomic E-state index is 0.163. The summed E-state index contributed by atoms with van der Waals surface area (Å²) < 4.78 is 5.41. The number of anilines is 3. The van der Waals surface area contributed by atoms with Gasteiger partial charge in [-0.1, -0.05) is 18.2 Å². The molecular weight excluding hydrogens is 328 g/mol. The Morgan fingerprint density at radius 2 is 1.69 bits per heavy atom. The van der Waals surface area contributed by atoms with E-state index < -0.39 is 0 Å². The molecule has 3 aromatic rings. The second kappa shape index (κ2) is 8.11. The van der Waals surface area contributed by atoms with Gasteiger partial charge in [0.05, 0.1) is 12.2 Å². The molecule has 1 aromatic heterocycles. The zero-order valence-corrected chi connectivity index (χ0v) is 14.7. The highest BCUT2D eigenvalue weighted by Crippen LogP contribution is 2.19.